The van der Waals surface area contributed by atoms with Gasteiger partial charge in [-0.25, -0.2) is 0 Å². The molecule has 0 unspecified atom stereocenters. The fourth-order valence-electron chi connectivity index (χ4n) is 1.86. The van der Waals surface area contributed by atoms with Crippen LogP contribution in [-0.2, 0) is 9.53 Å². The number of hydrogen-bond acceptors (Lipinski definition) is 5. The maximum Gasteiger partial charge on any atom is 0.313 e. The molecule has 1 rings (SSSR count). The first kappa shape index (κ1) is 15.3. The van der Waals surface area contributed by atoms with Gasteiger partial charge in [-0.1, -0.05) is 0 Å². The van der Waals surface area contributed by atoms with Crippen LogP contribution in [-0.4, -0.2) is 27.3 Å². The molecule has 1 atom stereocenters. The van der Waals surface area contributed by atoms with Crippen LogP contribution in [0.15, 0.2) is 18.2 Å². The Bertz CT molecular complexity index is 457. The normalized spacial score (nSPS) is 12.7. The minimum atomic E-state index is -0.867. The summed E-state index contributed by atoms with van der Waals surface area (Å²) in [4.78, 5) is 11.8. The summed E-state index contributed by atoms with van der Waals surface area (Å²) in [5, 5.41) is 0. The third-order valence-corrected chi connectivity index (χ3v) is 3.26. The molecule has 1 aromatic rings. The molecule has 0 aromatic heterocycles. The fraction of sp³-hybridized carbons (Fsp3) is 0.500. The highest BCUT2D eigenvalue weighted by Gasteiger charge is 2.38. The number of esters is 1. The highest BCUT2D eigenvalue weighted by molar-refractivity contribution is 5.77. The van der Waals surface area contributed by atoms with Gasteiger partial charge >= 0.3 is 5.97 Å². The summed E-state index contributed by atoms with van der Waals surface area (Å²) in [6.45, 7) is 3.48. The number of methoxy groups -OCH3 is 3. The van der Waals surface area contributed by atoms with Crippen LogP contribution in [0.25, 0.3) is 0 Å². The van der Waals surface area contributed by atoms with Gasteiger partial charge in [0.05, 0.1) is 26.7 Å². The second-order valence-electron chi connectivity index (χ2n) is 4.80. The van der Waals surface area contributed by atoms with Crippen molar-refractivity contribution >= 4 is 5.97 Å². The number of hydrogen-bond donors (Lipinski definition) is 1. The lowest BCUT2D eigenvalue weighted by Crippen LogP contribution is -2.37. The average molecular weight is 267 g/mol. The van der Waals surface area contributed by atoms with Crippen molar-refractivity contribution in [3.63, 3.8) is 0 Å². The molecule has 0 saturated heterocycles. The van der Waals surface area contributed by atoms with E-state index in [0.29, 0.717) is 17.1 Å². The van der Waals surface area contributed by atoms with Crippen LogP contribution in [0, 0.1) is 5.41 Å². The molecule has 0 radical (unpaired) electrons. The van der Waals surface area contributed by atoms with Gasteiger partial charge in [-0.2, -0.15) is 0 Å². The van der Waals surface area contributed by atoms with E-state index < -0.39 is 11.5 Å². The summed E-state index contributed by atoms with van der Waals surface area (Å²) in [5.41, 5.74) is 6.05. The van der Waals surface area contributed by atoms with Gasteiger partial charge in [-0.3, -0.25) is 4.79 Å². The highest BCUT2D eigenvalue weighted by Crippen LogP contribution is 2.38. The number of carbonyl (C=O) groups excluding carboxylic acids is 1. The summed E-state index contributed by atoms with van der Waals surface area (Å²) in [5.74, 6) is 0.905. The predicted octanol–water partition coefficient (Wildman–Crippen LogP) is 1.90. The van der Waals surface area contributed by atoms with Gasteiger partial charge in [0.1, 0.15) is 11.5 Å². The molecule has 0 bridgehead atoms. The number of nitrogens with two attached hydrogens (primary N) is 1. The van der Waals surface area contributed by atoms with Crippen LogP contribution < -0.4 is 15.2 Å². The molecule has 0 saturated carbocycles. The lowest BCUT2D eigenvalue weighted by atomic mass is 9.80. The largest absolute Gasteiger partial charge is 0.497 e. The van der Waals surface area contributed by atoms with Crippen molar-refractivity contribution in [1.82, 2.24) is 0 Å². The van der Waals surface area contributed by atoms with Gasteiger partial charge in [0.25, 0.3) is 0 Å². The Balaban J connectivity index is 3.23. The lowest BCUT2D eigenvalue weighted by Gasteiger charge is -2.30. The molecule has 0 spiro atoms. The highest BCUT2D eigenvalue weighted by atomic mass is 16.5. The maximum absolute atomic E-state index is 11.8. The van der Waals surface area contributed by atoms with Crippen molar-refractivity contribution in [2.45, 2.75) is 19.9 Å². The van der Waals surface area contributed by atoms with E-state index in [1.807, 2.05) is 0 Å². The molecule has 0 amide bonds. The fourth-order valence-corrected chi connectivity index (χ4v) is 1.86. The molecule has 1 aromatic carbocycles. The predicted molar refractivity (Wildman–Crippen MR) is 72.3 cm³/mol. The Hall–Kier alpha value is -1.75. The SMILES string of the molecule is COC(=O)C(C)(C)[C@H](N)c1cc(OC)ccc1OC. The van der Waals surface area contributed by atoms with Crippen molar-refractivity contribution in [2.24, 2.45) is 11.1 Å². The molecule has 0 aliphatic heterocycles. The van der Waals surface area contributed by atoms with E-state index in [-0.39, 0.29) is 5.97 Å². The molecular formula is C14H21NO4. The second-order valence-corrected chi connectivity index (χ2v) is 4.80. The first-order chi connectivity index (χ1) is 8.88. The van der Waals surface area contributed by atoms with Crippen LogP contribution in [0.4, 0.5) is 0 Å². The number of benzene rings is 1. The van der Waals surface area contributed by atoms with E-state index in [1.165, 1.54) is 7.11 Å². The molecule has 5 nitrogen and oxygen atoms in total. The van der Waals surface area contributed by atoms with E-state index in [4.69, 9.17) is 19.9 Å². The van der Waals surface area contributed by atoms with Crippen molar-refractivity contribution in [3.05, 3.63) is 23.8 Å². The zero-order chi connectivity index (χ0) is 14.6. The third kappa shape index (κ3) is 2.98. The van der Waals surface area contributed by atoms with Crippen LogP contribution in [0.2, 0.25) is 0 Å². The van der Waals surface area contributed by atoms with Gasteiger partial charge < -0.3 is 19.9 Å². The summed E-state index contributed by atoms with van der Waals surface area (Å²) in [6, 6.07) is 4.75. The molecule has 0 heterocycles. The van der Waals surface area contributed by atoms with Crippen molar-refractivity contribution in [1.29, 1.82) is 0 Å². The summed E-state index contributed by atoms with van der Waals surface area (Å²) >= 11 is 0. The van der Waals surface area contributed by atoms with Gasteiger partial charge in [-0.05, 0) is 32.0 Å². The smallest absolute Gasteiger partial charge is 0.313 e. The standard InChI is InChI=1S/C14H21NO4/c1-14(2,13(16)19-5)12(15)10-8-9(17-3)6-7-11(10)18-4/h6-8,12H,15H2,1-5H3/t12-/m1/s1. The molecule has 0 aliphatic carbocycles. The van der Waals surface area contributed by atoms with Gasteiger partial charge in [0.2, 0.25) is 0 Å². The van der Waals surface area contributed by atoms with Gasteiger partial charge in [0.15, 0.2) is 0 Å². The van der Waals surface area contributed by atoms with Gasteiger partial charge in [0, 0.05) is 11.6 Å². The Kier molecular flexibility index (Phi) is 4.78. The van der Waals surface area contributed by atoms with Crippen molar-refractivity contribution < 1.29 is 19.0 Å². The lowest BCUT2D eigenvalue weighted by molar-refractivity contribution is -0.152. The maximum atomic E-state index is 11.8. The molecule has 5 heteroatoms. The first-order valence-corrected chi connectivity index (χ1v) is 5.94. The molecule has 19 heavy (non-hydrogen) atoms. The number of rotatable bonds is 5. The van der Waals surface area contributed by atoms with Gasteiger partial charge in [-0.15, -0.1) is 0 Å². The van der Waals surface area contributed by atoms with E-state index in [9.17, 15) is 4.79 Å². The number of ether oxygens (including phenoxy) is 3. The molecule has 2 N–H and O–H groups in total. The molecule has 0 aliphatic rings. The summed E-state index contributed by atoms with van der Waals surface area (Å²) < 4.78 is 15.3. The Morgan fingerprint density at radius 1 is 1.21 bits per heavy atom. The third-order valence-electron chi connectivity index (χ3n) is 3.26. The quantitative estimate of drug-likeness (QED) is 0.825. The van der Waals surface area contributed by atoms with Crippen LogP contribution >= 0.6 is 0 Å². The Labute approximate surface area is 113 Å². The summed E-state index contributed by atoms with van der Waals surface area (Å²) in [6.07, 6.45) is 0. The van der Waals surface area contributed by atoms with Crippen LogP contribution in [0.1, 0.15) is 25.5 Å². The molecular weight excluding hydrogens is 246 g/mol. The average Bonchev–Trinajstić information content (AvgIpc) is 2.44. The summed E-state index contributed by atoms with van der Waals surface area (Å²) in [7, 11) is 4.48. The zero-order valence-corrected chi connectivity index (χ0v) is 12.0. The second kappa shape index (κ2) is 5.93. The molecule has 0 fully saturated rings. The van der Waals surface area contributed by atoms with E-state index >= 15 is 0 Å². The minimum Gasteiger partial charge on any atom is -0.497 e. The van der Waals surface area contributed by atoms with Crippen LogP contribution in [0.5, 0.6) is 11.5 Å². The zero-order valence-electron chi connectivity index (χ0n) is 12.0. The molecule has 106 valence electrons. The Morgan fingerprint density at radius 3 is 2.32 bits per heavy atom. The van der Waals surface area contributed by atoms with Crippen molar-refractivity contribution in [2.75, 3.05) is 21.3 Å². The van der Waals surface area contributed by atoms with E-state index in [1.54, 1.807) is 46.3 Å². The van der Waals surface area contributed by atoms with Crippen LogP contribution in [0.3, 0.4) is 0 Å². The van der Waals surface area contributed by atoms with E-state index in [2.05, 4.69) is 0 Å². The Morgan fingerprint density at radius 2 is 1.84 bits per heavy atom. The first-order valence-electron chi connectivity index (χ1n) is 5.94. The monoisotopic (exact) mass is 267 g/mol. The number of carbonyl (C=O) groups is 1. The van der Waals surface area contributed by atoms with Crippen molar-refractivity contribution in [3.8, 4) is 11.5 Å². The minimum absolute atomic E-state index is 0.370. The topological polar surface area (TPSA) is 70.8 Å². The van der Waals surface area contributed by atoms with E-state index in [0.717, 1.165) is 0 Å².